The van der Waals surface area contributed by atoms with Crippen LogP contribution in [0.1, 0.15) is 31.2 Å². The van der Waals surface area contributed by atoms with Crippen molar-refractivity contribution in [2.24, 2.45) is 17.6 Å². The van der Waals surface area contributed by atoms with Crippen LogP contribution in [0.2, 0.25) is 0 Å². The Morgan fingerprint density at radius 2 is 1.88 bits per heavy atom. The van der Waals surface area contributed by atoms with Crippen LogP contribution < -0.4 is 5.73 Å². The lowest BCUT2D eigenvalue weighted by atomic mass is 9.79. The van der Waals surface area contributed by atoms with Gasteiger partial charge < -0.3 is 10.5 Å². The Bertz CT molecular complexity index is 620. The van der Waals surface area contributed by atoms with E-state index in [1.54, 1.807) is 4.31 Å². The van der Waals surface area contributed by atoms with E-state index in [0.29, 0.717) is 44.6 Å². The molecule has 0 spiro atoms. The summed E-state index contributed by atoms with van der Waals surface area (Å²) >= 11 is 0. The number of hydrogen-bond donors (Lipinski definition) is 1. The highest BCUT2D eigenvalue weighted by molar-refractivity contribution is 7.89. The van der Waals surface area contributed by atoms with E-state index in [1.165, 1.54) is 0 Å². The first-order valence-corrected chi connectivity index (χ1v) is 10.5. The quantitative estimate of drug-likeness (QED) is 0.762. The Hall–Kier alpha value is -0.950. The van der Waals surface area contributed by atoms with Crippen LogP contribution in [0.25, 0.3) is 0 Å². The molecular weight excluding hydrogens is 324 g/mol. The molecule has 3 rings (SSSR count). The molecule has 3 atom stereocenters. The zero-order valence-corrected chi connectivity index (χ0v) is 15.0. The van der Waals surface area contributed by atoms with Gasteiger partial charge in [0.1, 0.15) is 0 Å². The van der Waals surface area contributed by atoms with Crippen molar-refractivity contribution in [2.75, 3.05) is 25.4 Å². The lowest BCUT2D eigenvalue weighted by molar-refractivity contribution is 0.121. The standard InChI is InChI=1S/C18H28N2O3S/c19-18-8-7-16-12-20(13-17(16)11-18)24(21,22)10-4-9-23-14-15-5-2-1-3-6-15/h1-3,5-6,16-18H,4,7-14,19H2/t16-,17+,18?/m1/s1. The van der Waals surface area contributed by atoms with Gasteiger partial charge in [-0.3, -0.25) is 0 Å². The van der Waals surface area contributed by atoms with Crippen LogP contribution in [0.4, 0.5) is 0 Å². The van der Waals surface area contributed by atoms with Gasteiger partial charge in [0, 0.05) is 25.7 Å². The number of sulfonamides is 1. The molecule has 134 valence electrons. The number of nitrogens with two attached hydrogens (primary N) is 1. The van der Waals surface area contributed by atoms with Crippen molar-refractivity contribution in [3.8, 4) is 0 Å². The second-order valence-electron chi connectivity index (χ2n) is 7.12. The van der Waals surface area contributed by atoms with Gasteiger partial charge in [-0.05, 0) is 43.1 Å². The first-order valence-electron chi connectivity index (χ1n) is 8.89. The molecule has 1 aromatic rings. The van der Waals surface area contributed by atoms with Gasteiger partial charge in [-0.25, -0.2) is 12.7 Å². The van der Waals surface area contributed by atoms with E-state index in [-0.39, 0.29) is 11.8 Å². The monoisotopic (exact) mass is 352 g/mol. The highest BCUT2D eigenvalue weighted by Crippen LogP contribution is 2.36. The smallest absolute Gasteiger partial charge is 0.214 e. The third-order valence-electron chi connectivity index (χ3n) is 5.25. The number of ether oxygens (including phenoxy) is 1. The zero-order valence-electron chi connectivity index (χ0n) is 14.1. The molecule has 0 bridgehead atoms. The summed E-state index contributed by atoms with van der Waals surface area (Å²) in [5.74, 6) is 1.14. The normalized spacial score (nSPS) is 28.0. The Morgan fingerprint density at radius 1 is 1.12 bits per heavy atom. The van der Waals surface area contributed by atoms with Crippen LogP contribution in [0.5, 0.6) is 0 Å². The third-order valence-corrected chi connectivity index (χ3v) is 7.14. The van der Waals surface area contributed by atoms with Crippen LogP contribution in [0.15, 0.2) is 30.3 Å². The lowest BCUT2D eigenvalue weighted by Crippen LogP contribution is -2.33. The van der Waals surface area contributed by atoms with E-state index in [1.807, 2.05) is 30.3 Å². The molecule has 1 aliphatic carbocycles. The first kappa shape index (κ1) is 17.9. The molecule has 6 heteroatoms. The third kappa shape index (κ3) is 4.57. The van der Waals surface area contributed by atoms with Crippen molar-refractivity contribution in [1.29, 1.82) is 0 Å². The summed E-state index contributed by atoms with van der Waals surface area (Å²) in [7, 11) is -3.17. The molecule has 0 radical (unpaired) electrons. The molecular formula is C18H28N2O3S. The van der Waals surface area contributed by atoms with Crippen molar-refractivity contribution in [1.82, 2.24) is 4.31 Å². The number of fused-ring (bicyclic) bond motifs is 1. The summed E-state index contributed by atoms with van der Waals surface area (Å²) in [5, 5.41) is 0. The molecule has 0 amide bonds. The lowest BCUT2D eigenvalue weighted by Gasteiger charge is -2.28. The van der Waals surface area contributed by atoms with Gasteiger partial charge in [0.2, 0.25) is 10.0 Å². The fraction of sp³-hybridized carbons (Fsp3) is 0.667. The van der Waals surface area contributed by atoms with Crippen molar-refractivity contribution in [3.05, 3.63) is 35.9 Å². The van der Waals surface area contributed by atoms with Crippen molar-refractivity contribution in [2.45, 2.75) is 38.3 Å². The second-order valence-corrected chi connectivity index (χ2v) is 9.21. The molecule has 5 nitrogen and oxygen atoms in total. The maximum Gasteiger partial charge on any atom is 0.214 e. The van der Waals surface area contributed by atoms with E-state index < -0.39 is 10.0 Å². The SMILES string of the molecule is NC1CC[C@@H]2CN(S(=O)(=O)CCCOCc3ccccc3)C[C@@H]2C1. The van der Waals surface area contributed by atoms with Crippen LogP contribution in [-0.4, -0.2) is 44.2 Å². The van der Waals surface area contributed by atoms with E-state index in [2.05, 4.69) is 0 Å². The topological polar surface area (TPSA) is 72.6 Å². The van der Waals surface area contributed by atoms with E-state index in [4.69, 9.17) is 10.5 Å². The minimum atomic E-state index is -3.17. The van der Waals surface area contributed by atoms with Gasteiger partial charge in [-0.15, -0.1) is 0 Å². The van der Waals surface area contributed by atoms with Crippen molar-refractivity contribution in [3.63, 3.8) is 0 Å². The molecule has 2 N–H and O–H groups in total. The number of rotatable bonds is 7. The first-order chi connectivity index (χ1) is 11.5. The molecule has 2 fully saturated rings. The maximum atomic E-state index is 12.5. The molecule has 1 saturated carbocycles. The van der Waals surface area contributed by atoms with Gasteiger partial charge in [-0.2, -0.15) is 0 Å². The summed E-state index contributed by atoms with van der Waals surface area (Å²) in [6.45, 7) is 2.35. The van der Waals surface area contributed by atoms with Crippen LogP contribution in [0.3, 0.4) is 0 Å². The maximum absolute atomic E-state index is 12.5. The van der Waals surface area contributed by atoms with E-state index in [0.717, 1.165) is 24.8 Å². The Balaban J connectivity index is 1.40. The summed E-state index contributed by atoms with van der Waals surface area (Å²) in [4.78, 5) is 0. The highest BCUT2D eigenvalue weighted by Gasteiger charge is 2.40. The minimum absolute atomic E-state index is 0.174. The fourth-order valence-electron chi connectivity index (χ4n) is 3.89. The van der Waals surface area contributed by atoms with Crippen LogP contribution in [-0.2, 0) is 21.4 Å². The molecule has 1 aliphatic heterocycles. The summed E-state index contributed by atoms with van der Waals surface area (Å²) in [6, 6.07) is 10.2. The Morgan fingerprint density at radius 3 is 2.67 bits per heavy atom. The minimum Gasteiger partial charge on any atom is -0.377 e. The predicted octanol–water partition coefficient (Wildman–Crippen LogP) is 1.98. The Labute approximate surface area is 145 Å². The average molecular weight is 353 g/mol. The molecule has 1 aromatic carbocycles. The van der Waals surface area contributed by atoms with Gasteiger partial charge in [0.25, 0.3) is 0 Å². The van der Waals surface area contributed by atoms with Gasteiger partial charge in [0.15, 0.2) is 0 Å². The summed E-state index contributed by atoms with van der Waals surface area (Å²) in [5.41, 5.74) is 7.13. The van der Waals surface area contributed by atoms with E-state index in [9.17, 15) is 8.42 Å². The van der Waals surface area contributed by atoms with Crippen LogP contribution in [0, 0.1) is 11.8 Å². The predicted molar refractivity (Wildman–Crippen MR) is 94.9 cm³/mol. The zero-order chi connectivity index (χ0) is 17.0. The highest BCUT2D eigenvalue weighted by atomic mass is 32.2. The van der Waals surface area contributed by atoms with E-state index >= 15 is 0 Å². The summed E-state index contributed by atoms with van der Waals surface area (Å²) < 4.78 is 32.3. The van der Waals surface area contributed by atoms with Gasteiger partial charge in [-0.1, -0.05) is 30.3 Å². The van der Waals surface area contributed by atoms with Gasteiger partial charge >= 0.3 is 0 Å². The molecule has 1 heterocycles. The molecule has 24 heavy (non-hydrogen) atoms. The largest absolute Gasteiger partial charge is 0.377 e. The molecule has 2 aliphatic rings. The molecule has 1 unspecified atom stereocenters. The van der Waals surface area contributed by atoms with Crippen LogP contribution >= 0.6 is 0 Å². The second kappa shape index (κ2) is 7.95. The number of hydrogen-bond acceptors (Lipinski definition) is 4. The van der Waals surface area contributed by atoms with Gasteiger partial charge in [0.05, 0.1) is 12.4 Å². The van der Waals surface area contributed by atoms with Crippen molar-refractivity contribution < 1.29 is 13.2 Å². The molecule has 0 aromatic heterocycles. The fourth-order valence-corrected chi connectivity index (χ4v) is 5.47. The number of nitrogens with zero attached hydrogens (tertiary/aromatic N) is 1. The Kier molecular flexibility index (Phi) is 5.92. The summed E-state index contributed by atoms with van der Waals surface area (Å²) in [6.07, 6.45) is 3.61. The van der Waals surface area contributed by atoms with Crippen molar-refractivity contribution >= 4 is 10.0 Å². The molecule has 1 saturated heterocycles. The number of benzene rings is 1. The average Bonchev–Trinajstić information content (AvgIpc) is 2.99.